The van der Waals surface area contributed by atoms with Crippen LogP contribution in [0.4, 0.5) is 0 Å². The van der Waals surface area contributed by atoms with E-state index in [0.717, 1.165) is 6.29 Å². The molecule has 0 aliphatic carbocycles. The molecule has 0 N–H and O–H groups in total. The predicted molar refractivity (Wildman–Crippen MR) is 129 cm³/mol. The van der Waals surface area contributed by atoms with Crippen molar-refractivity contribution in [1.82, 2.24) is 0 Å². The molecular formula is C22H29IO7S. The summed E-state index contributed by atoms with van der Waals surface area (Å²) in [6, 6.07) is 3.38. The third-order valence-electron chi connectivity index (χ3n) is 4.79. The molecule has 9 heteroatoms. The topological polar surface area (TPSA) is 80.3 Å². The van der Waals surface area contributed by atoms with Crippen molar-refractivity contribution in [2.45, 2.75) is 38.4 Å². The quantitative estimate of drug-likeness (QED) is 0.119. The second kappa shape index (κ2) is 12.7. The lowest BCUT2D eigenvalue weighted by Crippen LogP contribution is -2.20. The van der Waals surface area contributed by atoms with E-state index in [4.69, 9.17) is 23.7 Å². The minimum atomic E-state index is -0.483. The molecule has 2 atom stereocenters. The van der Waals surface area contributed by atoms with Crippen LogP contribution in [0.15, 0.2) is 18.2 Å². The van der Waals surface area contributed by atoms with Crippen LogP contribution < -0.4 is 9.47 Å². The van der Waals surface area contributed by atoms with E-state index in [9.17, 15) is 9.59 Å². The van der Waals surface area contributed by atoms with Crippen LogP contribution in [0.5, 0.6) is 11.5 Å². The van der Waals surface area contributed by atoms with Crippen molar-refractivity contribution in [3.8, 4) is 11.5 Å². The first-order valence-corrected chi connectivity index (χ1v) is 13.4. The van der Waals surface area contributed by atoms with E-state index >= 15 is 0 Å². The number of ether oxygens (including phenoxy) is 5. The van der Waals surface area contributed by atoms with Crippen molar-refractivity contribution in [1.29, 1.82) is 0 Å². The summed E-state index contributed by atoms with van der Waals surface area (Å²) in [4.78, 5) is 24.2. The zero-order valence-corrected chi connectivity index (χ0v) is 21.2. The first kappa shape index (κ1) is 26.0. The van der Waals surface area contributed by atoms with Crippen LogP contribution in [-0.4, -0.2) is 57.3 Å². The second-order valence-corrected chi connectivity index (χ2v) is 10.1. The number of hydrogen-bond donors (Lipinski definition) is 0. The Labute approximate surface area is 199 Å². The molecule has 31 heavy (non-hydrogen) atoms. The van der Waals surface area contributed by atoms with Crippen molar-refractivity contribution in [3.05, 3.63) is 29.3 Å². The Morgan fingerprint density at radius 1 is 1.35 bits per heavy atom. The van der Waals surface area contributed by atoms with Gasteiger partial charge in [-0.05, 0) is 59.5 Å². The number of esters is 1. The van der Waals surface area contributed by atoms with Gasteiger partial charge in [0.05, 0.1) is 18.8 Å². The Bertz CT molecular complexity index is 781. The molecule has 1 aliphatic heterocycles. The first-order chi connectivity index (χ1) is 14.8. The van der Waals surface area contributed by atoms with E-state index in [1.54, 1.807) is 28.2 Å². The van der Waals surface area contributed by atoms with Crippen LogP contribution in [0.3, 0.4) is 0 Å². The monoisotopic (exact) mass is 564 g/mol. The summed E-state index contributed by atoms with van der Waals surface area (Å²) < 4.78 is 27.4. The lowest BCUT2D eigenvalue weighted by molar-refractivity contribution is -0.112. The first-order valence-electron chi connectivity index (χ1n) is 9.89. The van der Waals surface area contributed by atoms with Gasteiger partial charge in [0.25, 0.3) is 0 Å². The smallest absolute Gasteiger partial charge is 0.342 e. The number of rotatable bonds is 12. The minimum absolute atomic E-state index is 0.0216. The maximum Gasteiger partial charge on any atom is 0.342 e. The fourth-order valence-electron chi connectivity index (χ4n) is 3.48. The zero-order chi connectivity index (χ0) is 22.9. The SMILES string of the molecule is COCOc1cc(OC)cc(/C=C/CC2OC(C)(C)CC2C=O)c1C(=O)OCCSI. The van der Waals surface area contributed by atoms with Crippen LogP contribution in [0.2, 0.25) is 0 Å². The van der Waals surface area contributed by atoms with Gasteiger partial charge >= 0.3 is 5.97 Å². The van der Waals surface area contributed by atoms with Crippen LogP contribution >= 0.6 is 30.1 Å². The van der Waals surface area contributed by atoms with E-state index in [0.29, 0.717) is 41.2 Å². The van der Waals surface area contributed by atoms with Crippen LogP contribution in [0, 0.1) is 5.92 Å². The van der Waals surface area contributed by atoms with Crippen molar-refractivity contribution < 1.29 is 33.3 Å². The molecule has 1 fully saturated rings. The summed E-state index contributed by atoms with van der Waals surface area (Å²) in [7, 11) is 4.61. The fourth-order valence-corrected chi connectivity index (χ4v) is 4.17. The molecule has 0 bridgehead atoms. The van der Waals surface area contributed by atoms with Gasteiger partial charge in [-0.1, -0.05) is 21.1 Å². The van der Waals surface area contributed by atoms with E-state index in [1.807, 2.05) is 26.0 Å². The lowest BCUT2D eigenvalue weighted by atomic mass is 9.94. The third kappa shape index (κ3) is 7.65. The number of aldehydes is 1. The Morgan fingerprint density at radius 2 is 2.13 bits per heavy atom. The van der Waals surface area contributed by atoms with E-state index in [-0.39, 0.29) is 31.0 Å². The molecule has 0 radical (unpaired) electrons. The predicted octanol–water partition coefficient (Wildman–Crippen LogP) is 4.70. The Hall–Kier alpha value is -1.30. The van der Waals surface area contributed by atoms with Crippen molar-refractivity contribution in [2.75, 3.05) is 33.4 Å². The van der Waals surface area contributed by atoms with Crippen LogP contribution in [0.1, 0.15) is 42.6 Å². The highest BCUT2D eigenvalue weighted by atomic mass is 127. The van der Waals surface area contributed by atoms with Gasteiger partial charge in [0, 0.05) is 24.8 Å². The van der Waals surface area contributed by atoms with Gasteiger partial charge in [0.2, 0.25) is 0 Å². The molecule has 1 aromatic rings. The Balaban J connectivity index is 2.31. The average Bonchev–Trinajstić information content (AvgIpc) is 3.05. The highest BCUT2D eigenvalue weighted by Crippen LogP contribution is 2.36. The highest BCUT2D eigenvalue weighted by Gasteiger charge is 2.39. The van der Waals surface area contributed by atoms with Gasteiger partial charge in [-0.3, -0.25) is 0 Å². The van der Waals surface area contributed by atoms with Crippen molar-refractivity contribution in [3.63, 3.8) is 0 Å². The molecule has 1 aromatic carbocycles. The fraction of sp³-hybridized carbons (Fsp3) is 0.545. The third-order valence-corrected chi connectivity index (χ3v) is 6.43. The minimum Gasteiger partial charge on any atom is -0.497 e. The molecule has 0 aromatic heterocycles. The van der Waals surface area contributed by atoms with Gasteiger partial charge in [-0.15, -0.1) is 0 Å². The summed E-state index contributed by atoms with van der Waals surface area (Å²) in [5.41, 5.74) is 0.567. The van der Waals surface area contributed by atoms with Gasteiger partial charge < -0.3 is 28.5 Å². The largest absolute Gasteiger partial charge is 0.497 e. The second-order valence-electron chi connectivity index (χ2n) is 7.65. The number of halogens is 1. The summed E-state index contributed by atoms with van der Waals surface area (Å²) >= 11 is 2.15. The zero-order valence-electron chi connectivity index (χ0n) is 18.2. The molecule has 0 saturated carbocycles. The molecule has 2 rings (SSSR count). The molecule has 0 spiro atoms. The number of hydrogen-bond acceptors (Lipinski definition) is 8. The molecule has 1 saturated heterocycles. The van der Waals surface area contributed by atoms with Gasteiger partial charge in [-0.2, -0.15) is 0 Å². The number of benzene rings is 1. The summed E-state index contributed by atoms with van der Waals surface area (Å²) in [5, 5.41) is 0. The summed E-state index contributed by atoms with van der Waals surface area (Å²) in [6.45, 7) is 4.23. The molecule has 0 amide bonds. The molecule has 7 nitrogen and oxygen atoms in total. The summed E-state index contributed by atoms with van der Waals surface area (Å²) in [5.74, 6) is 0.902. The van der Waals surface area contributed by atoms with E-state index < -0.39 is 5.97 Å². The Kier molecular flexibility index (Phi) is 10.6. The molecule has 2 unspecified atom stereocenters. The summed E-state index contributed by atoms with van der Waals surface area (Å²) in [6.07, 6.45) is 5.70. The van der Waals surface area contributed by atoms with E-state index in [1.165, 1.54) is 7.11 Å². The van der Waals surface area contributed by atoms with Gasteiger partial charge in [0.15, 0.2) is 6.79 Å². The average molecular weight is 564 g/mol. The van der Waals surface area contributed by atoms with E-state index in [2.05, 4.69) is 21.2 Å². The van der Waals surface area contributed by atoms with Gasteiger partial charge in [-0.25, -0.2) is 4.79 Å². The number of carbonyl (C=O) groups is 2. The number of carbonyl (C=O) groups excluding carboxylic acids is 2. The van der Waals surface area contributed by atoms with Crippen LogP contribution in [-0.2, 0) is 19.0 Å². The van der Waals surface area contributed by atoms with Crippen LogP contribution in [0.25, 0.3) is 6.08 Å². The Morgan fingerprint density at radius 3 is 2.77 bits per heavy atom. The highest BCUT2D eigenvalue weighted by molar-refractivity contribution is 14.2. The number of methoxy groups -OCH3 is 2. The standard InChI is InChI=1S/C22H29IO7S/c1-22(2)12-16(13-24)18(30-22)7-5-6-15-10-17(27-4)11-19(29-14-26-3)20(15)21(25)28-8-9-31-23/h5-6,10-11,13,16,18H,7-9,12,14H2,1-4H3/b6-5+. The molecule has 1 heterocycles. The normalized spacial score (nSPS) is 20.0. The molecule has 172 valence electrons. The van der Waals surface area contributed by atoms with Crippen molar-refractivity contribution >= 4 is 48.5 Å². The van der Waals surface area contributed by atoms with Crippen molar-refractivity contribution in [2.24, 2.45) is 5.92 Å². The maximum atomic E-state index is 12.8. The lowest BCUT2D eigenvalue weighted by Gasteiger charge is -2.18. The maximum absolute atomic E-state index is 12.8. The van der Waals surface area contributed by atoms with Gasteiger partial charge in [0.1, 0.15) is 30.0 Å². The molecular weight excluding hydrogens is 535 g/mol. The molecule has 1 aliphatic rings.